The maximum Gasteiger partial charge on any atom is 0.239 e. The van der Waals surface area contributed by atoms with Gasteiger partial charge in [0.05, 0.1) is 19.6 Å². The summed E-state index contributed by atoms with van der Waals surface area (Å²) in [6.45, 7) is 8.29. The molecular formula is C16H27ClN4O2S. The van der Waals surface area contributed by atoms with Crippen molar-refractivity contribution in [1.82, 2.24) is 20.4 Å². The molecule has 2 rings (SSSR count). The number of amides is 2. The molecule has 1 aromatic heterocycles. The molecular weight excluding hydrogens is 348 g/mol. The van der Waals surface area contributed by atoms with Crippen molar-refractivity contribution in [2.24, 2.45) is 0 Å². The first-order chi connectivity index (χ1) is 11.1. The predicted molar refractivity (Wildman–Crippen MR) is 99.6 cm³/mol. The summed E-state index contributed by atoms with van der Waals surface area (Å²) >= 11 is 1.61. The topological polar surface area (TPSA) is 64.7 Å². The van der Waals surface area contributed by atoms with Gasteiger partial charge in [-0.3, -0.25) is 14.5 Å². The fourth-order valence-electron chi connectivity index (χ4n) is 2.60. The monoisotopic (exact) mass is 374 g/mol. The highest BCUT2D eigenvalue weighted by Gasteiger charge is 2.23. The Morgan fingerprint density at radius 2 is 2.29 bits per heavy atom. The van der Waals surface area contributed by atoms with Gasteiger partial charge in [0.2, 0.25) is 11.8 Å². The smallest absolute Gasteiger partial charge is 0.239 e. The number of rotatable bonds is 7. The third-order valence-electron chi connectivity index (χ3n) is 4.09. The van der Waals surface area contributed by atoms with Gasteiger partial charge in [0, 0.05) is 37.1 Å². The Morgan fingerprint density at radius 3 is 2.92 bits per heavy atom. The van der Waals surface area contributed by atoms with Crippen molar-refractivity contribution in [2.75, 3.05) is 39.3 Å². The molecule has 1 saturated heterocycles. The summed E-state index contributed by atoms with van der Waals surface area (Å²) < 4.78 is 0. The number of nitrogens with one attached hydrogen (secondary N) is 2. The van der Waals surface area contributed by atoms with Crippen molar-refractivity contribution in [1.29, 1.82) is 0 Å². The van der Waals surface area contributed by atoms with Gasteiger partial charge in [-0.15, -0.1) is 23.7 Å². The largest absolute Gasteiger partial charge is 0.350 e. The van der Waals surface area contributed by atoms with Crippen molar-refractivity contribution < 1.29 is 9.59 Å². The van der Waals surface area contributed by atoms with Gasteiger partial charge in [-0.2, -0.15) is 0 Å². The van der Waals surface area contributed by atoms with E-state index in [-0.39, 0.29) is 30.8 Å². The van der Waals surface area contributed by atoms with E-state index in [2.05, 4.69) is 22.5 Å². The minimum atomic E-state index is -0.109. The molecule has 0 aromatic carbocycles. The number of thiophene rings is 1. The Morgan fingerprint density at radius 1 is 1.50 bits per heavy atom. The molecule has 1 aliphatic heterocycles. The maximum absolute atomic E-state index is 12.4. The number of piperazine rings is 1. The third kappa shape index (κ3) is 6.39. The standard InChI is InChI=1S/C16H26N4O2S.ClH/c1-3-19(11-15(21)18-10-14-5-4-8-23-14)16(22)12-20-7-6-17-9-13(20)2;/h4-5,8,13,17H,3,6-7,9-12H2,1-2H3,(H,18,21);1H/t13-;/m1./s1. The van der Waals surface area contributed by atoms with Crippen LogP contribution in [0.3, 0.4) is 0 Å². The molecule has 0 bridgehead atoms. The van der Waals surface area contributed by atoms with Crippen molar-refractivity contribution in [3.05, 3.63) is 22.4 Å². The molecule has 2 N–H and O–H groups in total. The van der Waals surface area contributed by atoms with E-state index in [0.717, 1.165) is 24.5 Å². The van der Waals surface area contributed by atoms with Crippen LogP contribution >= 0.6 is 23.7 Å². The van der Waals surface area contributed by atoms with Crippen LogP contribution in [0.5, 0.6) is 0 Å². The van der Waals surface area contributed by atoms with Gasteiger partial charge >= 0.3 is 0 Å². The Balaban J connectivity index is 0.00000288. The summed E-state index contributed by atoms with van der Waals surface area (Å²) in [7, 11) is 0. The number of nitrogens with zero attached hydrogens (tertiary/aromatic N) is 2. The highest BCUT2D eigenvalue weighted by atomic mass is 35.5. The van der Waals surface area contributed by atoms with Gasteiger partial charge < -0.3 is 15.5 Å². The second kappa shape index (κ2) is 10.7. The molecule has 1 fully saturated rings. The minimum Gasteiger partial charge on any atom is -0.350 e. The lowest BCUT2D eigenvalue weighted by molar-refractivity contribution is -0.137. The highest BCUT2D eigenvalue weighted by Crippen LogP contribution is 2.07. The lowest BCUT2D eigenvalue weighted by atomic mass is 10.2. The van der Waals surface area contributed by atoms with Crippen LogP contribution in [0.4, 0.5) is 0 Å². The second-order valence-electron chi connectivity index (χ2n) is 5.79. The molecule has 8 heteroatoms. The molecule has 1 aromatic rings. The summed E-state index contributed by atoms with van der Waals surface area (Å²) in [5.74, 6) is -0.0884. The van der Waals surface area contributed by atoms with E-state index < -0.39 is 0 Å². The molecule has 0 unspecified atom stereocenters. The molecule has 6 nitrogen and oxygen atoms in total. The zero-order chi connectivity index (χ0) is 16.7. The average Bonchev–Trinajstić information content (AvgIpc) is 3.06. The summed E-state index contributed by atoms with van der Waals surface area (Å²) in [5, 5.41) is 8.17. The Hall–Kier alpha value is -1.15. The van der Waals surface area contributed by atoms with E-state index in [1.807, 2.05) is 24.4 Å². The van der Waals surface area contributed by atoms with E-state index in [1.54, 1.807) is 16.2 Å². The van der Waals surface area contributed by atoms with E-state index in [4.69, 9.17) is 0 Å². The van der Waals surface area contributed by atoms with Crippen LogP contribution in [0.25, 0.3) is 0 Å². The average molecular weight is 375 g/mol. The van der Waals surface area contributed by atoms with E-state index in [9.17, 15) is 9.59 Å². The molecule has 1 aliphatic rings. The van der Waals surface area contributed by atoms with Crippen LogP contribution in [0.1, 0.15) is 18.7 Å². The number of halogens is 1. The Kier molecular flexibility index (Phi) is 9.28. The summed E-state index contributed by atoms with van der Waals surface area (Å²) in [5.41, 5.74) is 0. The molecule has 2 amide bonds. The number of hydrogen-bond acceptors (Lipinski definition) is 5. The van der Waals surface area contributed by atoms with Gasteiger partial charge in [0.15, 0.2) is 0 Å². The van der Waals surface area contributed by atoms with Crippen LogP contribution in [0.15, 0.2) is 17.5 Å². The lowest BCUT2D eigenvalue weighted by Gasteiger charge is -2.34. The fraction of sp³-hybridized carbons (Fsp3) is 0.625. The predicted octanol–water partition coefficient (Wildman–Crippen LogP) is 0.928. The second-order valence-corrected chi connectivity index (χ2v) is 6.82. The van der Waals surface area contributed by atoms with Gasteiger partial charge in [0.1, 0.15) is 0 Å². The lowest BCUT2D eigenvalue weighted by Crippen LogP contribution is -2.53. The van der Waals surface area contributed by atoms with Crippen LogP contribution in [-0.2, 0) is 16.1 Å². The van der Waals surface area contributed by atoms with E-state index in [1.165, 1.54) is 0 Å². The molecule has 0 spiro atoms. The molecule has 2 heterocycles. The molecule has 0 radical (unpaired) electrons. The van der Waals surface area contributed by atoms with Crippen LogP contribution in [0.2, 0.25) is 0 Å². The zero-order valence-electron chi connectivity index (χ0n) is 14.3. The van der Waals surface area contributed by atoms with Gasteiger partial charge in [-0.1, -0.05) is 6.07 Å². The fourth-order valence-corrected chi connectivity index (χ4v) is 3.24. The van der Waals surface area contributed by atoms with Crippen molar-refractivity contribution in [2.45, 2.75) is 26.4 Å². The first kappa shape index (κ1) is 20.9. The SMILES string of the molecule is CCN(CC(=O)NCc1cccs1)C(=O)CN1CCNC[C@H]1C.Cl. The van der Waals surface area contributed by atoms with Crippen LogP contribution in [-0.4, -0.2) is 66.9 Å². The number of carbonyl (C=O) groups excluding carboxylic acids is 2. The van der Waals surface area contributed by atoms with Crippen molar-refractivity contribution in [3.63, 3.8) is 0 Å². The summed E-state index contributed by atoms with van der Waals surface area (Å²) in [6.07, 6.45) is 0. The minimum absolute atomic E-state index is 0. The molecule has 0 aliphatic carbocycles. The molecule has 24 heavy (non-hydrogen) atoms. The van der Waals surface area contributed by atoms with Gasteiger partial charge in [-0.25, -0.2) is 0 Å². The molecule has 136 valence electrons. The first-order valence-corrected chi connectivity index (χ1v) is 8.99. The number of hydrogen-bond donors (Lipinski definition) is 2. The summed E-state index contributed by atoms with van der Waals surface area (Å²) in [6, 6.07) is 4.29. The maximum atomic E-state index is 12.4. The van der Waals surface area contributed by atoms with E-state index >= 15 is 0 Å². The van der Waals surface area contributed by atoms with Crippen molar-refractivity contribution in [3.8, 4) is 0 Å². The number of likely N-dealkylation sites (N-methyl/N-ethyl adjacent to an activating group) is 1. The normalized spacial score (nSPS) is 17.8. The first-order valence-electron chi connectivity index (χ1n) is 8.11. The molecule has 1 atom stereocenters. The van der Waals surface area contributed by atoms with Crippen LogP contribution in [0, 0.1) is 0 Å². The molecule has 0 saturated carbocycles. The Bertz CT molecular complexity index is 512. The van der Waals surface area contributed by atoms with E-state index in [0.29, 0.717) is 25.7 Å². The van der Waals surface area contributed by atoms with Crippen LogP contribution < -0.4 is 10.6 Å². The van der Waals surface area contributed by atoms with Crippen molar-refractivity contribution >= 4 is 35.6 Å². The third-order valence-corrected chi connectivity index (χ3v) is 4.96. The van der Waals surface area contributed by atoms with Gasteiger partial charge in [-0.05, 0) is 25.3 Å². The Labute approximate surface area is 154 Å². The number of carbonyl (C=O) groups is 2. The summed E-state index contributed by atoms with van der Waals surface area (Å²) in [4.78, 5) is 29.4. The van der Waals surface area contributed by atoms with Gasteiger partial charge in [0.25, 0.3) is 0 Å². The zero-order valence-corrected chi connectivity index (χ0v) is 15.9. The highest BCUT2D eigenvalue weighted by molar-refractivity contribution is 7.09. The quantitative estimate of drug-likeness (QED) is 0.745.